The molecule has 0 bridgehead atoms. The van der Waals surface area contributed by atoms with Gasteiger partial charge in [-0.2, -0.15) is 0 Å². The van der Waals surface area contributed by atoms with Crippen molar-refractivity contribution in [3.63, 3.8) is 0 Å². The number of benzene rings is 2. The van der Waals surface area contributed by atoms with Crippen LogP contribution in [-0.2, 0) is 4.74 Å². The van der Waals surface area contributed by atoms with Crippen LogP contribution in [0.2, 0.25) is 0 Å². The van der Waals surface area contributed by atoms with Gasteiger partial charge in [-0.15, -0.1) is 0 Å². The molecule has 0 amide bonds. The van der Waals surface area contributed by atoms with E-state index < -0.39 is 0 Å². The molecule has 0 aromatic heterocycles. The summed E-state index contributed by atoms with van der Waals surface area (Å²) in [5.41, 5.74) is 1.98. The lowest BCUT2D eigenvalue weighted by molar-refractivity contribution is 0.0600. The summed E-state index contributed by atoms with van der Waals surface area (Å²) in [5, 5.41) is 0. The van der Waals surface area contributed by atoms with Crippen LogP contribution in [0.3, 0.4) is 0 Å². The highest BCUT2D eigenvalue weighted by molar-refractivity contribution is 6.06. The molecule has 2 aromatic carbocycles. The standard InChI is InChI=1S/C17H14O3/c1-20-17(19)15-10-7-13(8-11-15)9-12-16(18)14-5-3-2-4-6-14/h2-12H,1H3. The zero-order valence-electron chi connectivity index (χ0n) is 11.1. The van der Waals surface area contributed by atoms with Gasteiger partial charge < -0.3 is 4.74 Å². The highest BCUT2D eigenvalue weighted by Crippen LogP contribution is 2.09. The topological polar surface area (TPSA) is 43.4 Å². The minimum absolute atomic E-state index is 0.0531. The molecule has 0 saturated heterocycles. The van der Waals surface area contributed by atoms with Gasteiger partial charge in [-0.3, -0.25) is 4.79 Å². The van der Waals surface area contributed by atoms with Crippen LogP contribution in [0.1, 0.15) is 26.3 Å². The third kappa shape index (κ3) is 3.42. The van der Waals surface area contributed by atoms with E-state index in [9.17, 15) is 9.59 Å². The fraction of sp³-hybridized carbons (Fsp3) is 0.0588. The third-order valence-corrected chi connectivity index (χ3v) is 2.82. The Labute approximate surface area is 117 Å². The fourth-order valence-electron chi connectivity index (χ4n) is 1.72. The van der Waals surface area contributed by atoms with Crippen LogP contribution in [0.4, 0.5) is 0 Å². The average molecular weight is 266 g/mol. The Kier molecular flexibility index (Phi) is 4.45. The second-order valence-electron chi connectivity index (χ2n) is 4.18. The van der Waals surface area contributed by atoms with Gasteiger partial charge in [0.2, 0.25) is 0 Å². The Bertz CT molecular complexity index is 625. The van der Waals surface area contributed by atoms with Gasteiger partial charge in [-0.1, -0.05) is 48.5 Å². The minimum atomic E-state index is -0.374. The van der Waals surface area contributed by atoms with Crippen molar-refractivity contribution in [2.45, 2.75) is 0 Å². The first-order valence-electron chi connectivity index (χ1n) is 6.16. The van der Waals surface area contributed by atoms with Crippen LogP contribution in [0, 0.1) is 0 Å². The van der Waals surface area contributed by atoms with Crippen molar-refractivity contribution in [3.05, 3.63) is 77.4 Å². The summed E-state index contributed by atoms with van der Waals surface area (Å²) in [6.07, 6.45) is 3.23. The summed E-state index contributed by atoms with van der Waals surface area (Å²) in [6.45, 7) is 0. The van der Waals surface area contributed by atoms with Crippen molar-refractivity contribution >= 4 is 17.8 Å². The highest BCUT2D eigenvalue weighted by atomic mass is 16.5. The number of allylic oxidation sites excluding steroid dienone is 1. The number of carbonyl (C=O) groups excluding carboxylic acids is 2. The number of ether oxygens (including phenoxy) is 1. The van der Waals surface area contributed by atoms with Crippen LogP contribution >= 0.6 is 0 Å². The number of hydrogen-bond acceptors (Lipinski definition) is 3. The normalized spacial score (nSPS) is 10.4. The van der Waals surface area contributed by atoms with E-state index in [4.69, 9.17) is 0 Å². The van der Waals surface area contributed by atoms with Gasteiger partial charge >= 0.3 is 5.97 Å². The maximum Gasteiger partial charge on any atom is 0.337 e. The molecule has 20 heavy (non-hydrogen) atoms. The van der Waals surface area contributed by atoms with Crippen molar-refractivity contribution in [1.82, 2.24) is 0 Å². The van der Waals surface area contributed by atoms with E-state index in [0.29, 0.717) is 11.1 Å². The predicted octanol–water partition coefficient (Wildman–Crippen LogP) is 3.37. The Balaban J connectivity index is 2.08. The fourth-order valence-corrected chi connectivity index (χ4v) is 1.72. The number of methoxy groups -OCH3 is 1. The molecular formula is C17H14O3. The van der Waals surface area contributed by atoms with Gasteiger partial charge in [0.25, 0.3) is 0 Å². The summed E-state index contributed by atoms with van der Waals surface area (Å²) in [7, 11) is 1.34. The zero-order valence-corrected chi connectivity index (χ0v) is 11.1. The SMILES string of the molecule is COC(=O)c1ccc(C=CC(=O)c2ccccc2)cc1. The maximum absolute atomic E-state index is 11.9. The molecule has 0 saturated carbocycles. The summed E-state index contributed by atoms with van der Waals surface area (Å²) in [6, 6.07) is 15.9. The van der Waals surface area contributed by atoms with E-state index in [1.165, 1.54) is 13.2 Å². The van der Waals surface area contributed by atoms with Crippen molar-refractivity contribution in [3.8, 4) is 0 Å². The first kappa shape index (κ1) is 13.7. The monoisotopic (exact) mass is 266 g/mol. The Hall–Kier alpha value is -2.68. The van der Waals surface area contributed by atoms with Crippen molar-refractivity contribution in [2.24, 2.45) is 0 Å². The second-order valence-corrected chi connectivity index (χ2v) is 4.18. The molecule has 0 aliphatic carbocycles. The quantitative estimate of drug-likeness (QED) is 0.484. The molecule has 0 aliphatic heterocycles. The van der Waals surface area contributed by atoms with Crippen molar-refractivity contribution in [1.29, 1.82) is 0 Å². The molecule has 3 heteroatoms. The number of esters is 1. The van der Waals surface area contributed by atoms with Gasteiger partial charge in [0, 0.05) is 5.56 Å². The summed E-state index contributed by atoms with van der Waals surface area (Å²) >= 11 is 0. The molecule has 0 spiro atoms. The minimum Gasteiger partial charge on any atom is -0.465 e. The molecule has 3 nitrogen and oxygen atoms in total. The molecule has 0 heterocycles. The van der Waals surface area contributed by atoms with Crippen LogP contribution in [0.5, 0.6) is 0 Å². The van der Waals surface area contributed by atoms with E-state index >= 15 is 0 Å². The lowest BCUT2D eigenvalue weighted by Gasteiger charge is -1.99. The van der Waals surface area contributed by atoms with E-state index in [0.717, 1.165) is 5.56 Å². The number of ketones is 1. The lowest BCUT2D eigenvalue weighted by atomic mass is 10.1. The van der Waals surface area contributed by atoms with Gasteiger partial charge in [-0.25, -0.2) is 4.79 Å². The smallest absolute Gasteiger partial charge is 0.337 e. The zero-order chi connectivity index (χ0) is 14.4. The average Bonchev–Trinajstić information content (AvgIpc) is 2.53. The van der Waals surface area contributed by atoms with Gasteiger partial charge in [0.1, 0.15) is 0 Å². The molecule has 0 atom stereocenters. The molecule has 0 N–H and O–H groups in total. The maximum atomic E-state index is 11.9. The van der Waals surface area contributed by atoms with Gasteiger partial charge in [0.15, 0.2) is 5.78 Å². The number of carbonyl (C=O) groups is 2. The molecule has 0 aliphatic rings. The number of rotatable bonds is 4. The molecule has 0 fully saturated rings. The van der Waals surface area contributed by atoms with Gasteiger partial charge in [0.05, 0.1) is 12.7 Å². The lowest BCUT2D eigenvalue weighted by Crippen LogP contribution is -2.00. The summed E-state index contributed by atoms with van der Waals surface area (Å²) in [4.78, 5) is 23.2. The Morgan fingerprint density at radius 3 is 2.15 bits per heavy atom. The largest absolute Gasteiger partial charge is 0.465 e. The second kappa shape index (κ2) is 6.48. The Morgan fingerprint density at radius 1 is 0.900 bits per heavy atom. The molecule has 0 unspecified atom stereocenters. The summed E-state index contributed by atoms with van der Waals surface area (Å²) in [5.74, 6) is -0.427. The van der Waals surface area contributed by atoms with E-state index in [-0.39, 0.29) is 11.8 Å². The first-order valence-corrected chi connectivity index (χ1v) is 6.16. The summed E-state index contributed by atoms with van der Waals surface area (Å²) < 4.78 is 4.62. The van der Waals surface area contributed by atoms with Gasteiger partial charge in [-0.05, 0) is 23.8 Å². The number of hydrogen-bond donors (Lipinski definition) is 0. The Morgan fingerprint density at radius 2 is 1.55 bits per heavy atom. The van der Waals surface area contributed by atoms with Crippen LogP contribution < -0.4 is 0 Å². The molecule has 100 valence electrons. The van der Waals surface area contributed by atoms with E-state index in [2.05, 4.69) is 4.74 Å². The third-order valence-electron chi connectivity index (χ3n) is 2.82. The van der Waals surface area contributed by atoms with E-state index in [1.807, 2.05) is 18.2 Å². The van der Waals surface area contributed by atoms with E-state index in [1.54, 1.807) is 42.5 Å². The molecular weight excluding hydrogens is 252 g/mol. The van der Waals surface area contributed by atoms with Crippen LogP contribution in [-0.4, -0.2) is 18.9 Å². The molecule has 2 aromatic rings. The van der Waals surface area contributed by atoms with Crippen molar-refractivity contribution < 1.29 is 14.3 Å². The predicted molar refractivity (Wildman–Crippen MR) is 77.6 cm³/mol. The van der Waals surface area contributed by atoms with Crippen LogP contribution in [0.15, 0.2) is 60.7 Å². The molecule has 2 rings (SSSR count). The first-order chi connectivity index (χ1) is 9.70. The molecule has 0 radical (unpaired) electrons. The van der Waals surface area contributed by atoms with Crippen molar-refractivity contribution in [2.75, 3.05) is 7.11 Å². The van der Waals surface area contributed by atoms with Crippen LogP contribution in [0.25, 0.3) is 6.08 Å². The highest BCUT2D eigenvalue weighted by Gasteiger charge is 2.03.